The highest BCUT2D eigenvalue weighted by Gasteiger charge is 2.03. The lowest BCUT2D eigenvalue weighted by molar-refractivity contribution is 0.627. The quantitative estimate of drug-likeness (QED) is 0.719. The van der Waals surface area contributed by atoms with Crippen molar-refractivity contribution < 1.29 is 4.39 Å². The summed E-state index contributed by atoms with van der Waals surface area (Å²) in [5.74, 6) is -0.246. The summed E-state index contributed by atoms with van der Waals surface area (Å²) in [5.41, 5.74) is 2.99. The van der Waals surface area contributed by atoms with E-state index in [9.17, 15) is 4.39 Å². The van der Waals surface area contributed by atoms with E-state index in [0.717, 1.165) is 29.1 Å². The molecule has 0 aliphatic heterocycles. The van der Waals surface area contributed by atoms with Crippen LogP contribution in [0.4, 0.5) is 10.1 Å². The summed E-state index contributed by atoms with van der Waals surface area (Å²) in [5, 5.41) is 2.08. The van der Waals surface area contributed by atoms with Crippen molar-refractivity contribution in [2.45, 2.75) is 19.9 Å². The highest BCUT2D eigenvalue weighted by atomic mass is 32.1. The van der Waals surface area contributed by atoms with Crippen molar-refractivity contribution in [2.24, 2.45) is 4.99 Å². The monoisotopic (exact) mass is 313 g/mol. The van der Waals surface area contributed by atoms with Gasteiger partial charge >= 0.3 is 0 Å². The Kier molecular flexibility index (Phi) is 4.44. The summed E-state index contributed by atoms with van der Waals surface area (Å²) >= 11 is 1.59. The van der Waals surface area contributed by atoms with E-state index < -0.39 is 0 Å². The molecule has 1 aromatic carbocycles. The predicted octanol–water partition coefficient (Wildman–Crippen LogP) is 3.87. The Hall–Kier alpha value is -2.27. The fourth-order valence-electron chi connectivity index (χ4n) is 2.17. The number of aromatic nitrogens is 2. The van der Waals surface area contributed by atoms with Crippen molar-refractivity contribution in [3.05, 3.63) is 76.0 Å². The van der Waals surface area contributed by atoms with Crippen LogP contribution in [0.5, 0.6) is 0 Å². The number of nitrogens with zero attached hydrogens (tertiary/aromatic N) is 3. The largest absolute Gasteiger partial charge is 0.321 e. The molecule has 0 spiro atoms. The van der Waals surface area contributed by atoms with E-state index >= 15 is 0 Å². The molecule has 3 rings (SSSR count). The number of aryl methyl sites for hydroxylation is 2. The Morgan fingerprint density at radius 3 is 2.73 bits per heavy atom. The van der Waals surface area contributed by atoms with Crippen LogP contribution in [-0.4, -0.2) is 9.55 Å². The summed E-state index contributed by atoms with van der Waals surface area (Å²) in [4.78, 5) is 9.88. The molecule has 0 bridgehead atoms. The van der Waals surface area contributed by atoms with Gasteiger partial charge in [-0.15, -0.1) is 11.3 Å². The first-order valence-corrected chi connectivity index (χ1v) is 7.95. The molecule has 0 radical (unpaired) electrons. The third-order valence-corrected chi connectivity index (χ3v) is 4.34. The third kappa shape index (κ3) is 3.49. The van der Waals surface area contributed by atoms with Crippen LogP contribution in [0.1, 0.15) is 11.4 Å². The molecule has 2 aromatic heterocycles. The van der Waals surface area contributed by atoms with E-state index in [4.69, 9.17) is 0 Å². The molecule has 0 saturated heterocycles. The Morgan fingerprint density at radius 2 is 2.00 bits per heavy atom. The standard InChI is InChI=1S/C17H16FN3S/c1-13-12-22-17(20-16-7-5-14(18)6-8-16)21(13)11-9-15-4-2-3-10-19-15/h2-8,10,12H,9,11H2,1H3. The molecule has 0 aliphatic carbocycles. The van der Waals surface area contributed by atoms with Crippen LogP contribution >= 0.6 is 11.3 Å². The zero-order chi connectivity index (χ0) is 15.4. The SMILES string of the molecule is Cc1csc(=Nc2ccc(F)cc2)n1CCc1ccccn1. The summed E-state index contributed by atoms with van der Waals surface area (Å²) in [6.07, 6.45) is 2.67. The van der Waals surface area contributed by atoms with Gasteiger partial charge in [0, 0.05) is 35.9 Å². The highest BCUT2D eigenvalue weighted by molar-refractivity contribution is 7.07. The van der Waals surface area contributed by atoms with Gasteiger partial charge in [-0.1, -0.05) is 6.07 Å². The molecule has 0 N–H and O–H groups in total. The molecule has 3 nitrogen and oxygen atoms in total. The fourth-order valence-corrected chi connectivity index (χ4v) is 3.10. The number of rotatable bonds is 4. The first-order valence-electron chi connectivity index (χ1n) is 7.07. The second-order valence-electron chi connectivity index (χ2n) is 4.97. The average molecular weight is 313 g/mol. The number of hydrogen-bond donors (Lipinski definition) is 0. The molecule has 0 saturated carbocycles. The predicted molar refractivity (Wildman–Crippen MR) is 86.6 cm³/mol. The first-order chi connectivity index (χ1) is 10.7. The molecule has 2 heterocycles. The molecule has 5 heteroatoms. The van der Waals surface area contributed by atoms with Gasteiger partial charge in [0.25, 0.3) is 0 Å². The Morgan fingerprint density at radius 1 is 1.18 bits per heavy atom. The number of thiazole rings is 1. The third-order valence-electron chi connectivity index (χ3n) is 3.36. The van der Waals surface area contributed by atoms with Crippen molar-refractivity contribution in [2.75, 3.05) is 0 Å². The maximum Gasteiger partial charge on any atom is 0.190 e. The van der Waals surface area contributed by atoms with Gasteiger partial charge in [0.1, 0.15) is 5.82 Å². The smallest absolute Gasteiger partial charge is 0.190 e. The molecule has 0 aliphatic rings. The van der Waals surface area contributed by atoms with E-state index in [0.29, 0.717) is 0 Å². The maximum atomic E-state index is 13.0. The van der Waals surface area contributed by atoms with Crippen molar-refractivity contribution in [3.8, 4) is 0 Å². The van der Waals surface area contributed by atoms with E-state index in [1.807, 2.05) is 24.4 Å². The molecule has 0 atom stereocenters. The summed E-state index contributed by atoms with van der Waals surface area (Å²) in [7, 11) is 0. The lowest BCUT2D eigenvalue weighted by Gasteiger charge is -2.05. The Balaban J connectivity index is 1.86. The molecule has 22 heavy (non-hydrogen) atoms. The number of benzene rings is 1. The molecule has 112 valence electrons. The molecular weight excluding hydrogens is 297 g/mol. The first kappa shape index (κ1) is 14.7. The van der Waals surface area contributed by atoms with Gasteiger partial charge in [-0.3, -0.25) is 4.98 Å². The van der Waals surface area contributed by atoms with Gasteiger partial charge in [0.15, 0.2) is 4.80 Å². The van der Waals surface area contributed by atoms with E-state index in [1.165, 1.54) is 17.8 Å². The topological polar surface area (TPSA) is 30.2 Å². The summed E-state index contributed by atoms with van der Waals surface area (Å²) < 4.78 is 15.1. The Bertz CT molecular complexity index is 804. The highest BCUT2D eigenvalue weighted by Crippen LogP contribution is 2.12. The van der Waals surface area contributed by atoms with Crippen LogP contribution in [0.25, 0.3) is 0 Å². The van der Waals surface area contributed by atoms with E-state index in [1.54, 1.807) is 23.5 Å². The lowest BCUT2D eigenvalue weighted by atomic mass is 10.2. The van der Waals surface area contributed by atoms with E-state index in [-0.39, 0.29) is 5.82 Å². The number of pyridine rings is 1. The summed E-state index contributed by atoms with van der Waals surface area (Å²) in [6.45, 7) is 2.89. The van der Waals surface area contributed by atoms with Gasteiger partial charge < -0.3 is 4.57 Å². The molecule has 0 unspecified atom stereocenters. The van der Waals surface area contributed by atoms with Crippen LogP contribution < -0.4 is 4.80 Å². The molecule has 0 fully saturated rings. The molecule has 3 aromatic rings. The second-order valence-corrected chi connectivity index (χ2v) is 5.81. The van der Waals surface area contributed by atoms with Crippen LogP contribution in [0, 0.1) is 12.7 Å². The van der Waals surface area contributed by atoms with Gasteiger partial charge in [-0.05, 0) is 43.3 Å². The minimum absolute atomic E-state index is 0.246. The van der Waals surface area contributed by atoms with Crippen LogP contribution in [-0.2, 0) is 13.0 Å². The van der Waals surface area contributed by atoms with E-state index in [2.05, 4.69) is 26.8 Å². The number of halogens is 1. The zero-order valence-corrected chi connectivity index (χ0v) is 13.1. The van der Waals surface area contributed by atoms with Crippen LogP contribution in [0.15, 0.2) is 59.0 Å². The van der Waals surface area contributed by atoms with Crippen LogP contribution in [0.2, 0.25) is 0 Å². The van der Waals surface area contributed by atoms with Gasteiger partial charge in [-0.25, -0.2) is 9.38 Å². The molecule has 0 amide bonds. The maximum absolute atomic E-state index is 13.0. The zero-order valence-electron chi connectivity index (χ0n) is 12.2. The van der Waals surface area contributed by atoms with Crippen molar-refractivity contribution >= 4 is 17.0 Å². The van der Waals surface area contributed by atoms with Gasteiger partial charge in [0.2, 0.25) is 0 Å². The minimum atomic E-state index is -0.246. The van der Waals surface area contributed by atoms with Gasteiger partial charge in [0.05, 0.1) is 5.69 Å². The van der Waals surface area contributed by atoms with Crippen molar-refractivity contribution in [3.63, 3.8) is 0 Å². The lowest BCUT2D eigenvalue weighted by Crippen LogP contribution is -2.17. The fraction of sp³-hybridized carbons (Fsp3) is 0.176. The second kappa shape index (κ2) is 6.66. The molecular formula is C17H16FN3S. The number of hydrogen-bond acceptors (Lipinski definition) is 3. The normalized spacial score (nSPS) is 11.8. The van der Waals surface area contributed by atoms with Gasteiger partial charge in [-0.2, -0.15) is 0 Å². The average Bonchev–Trinajstić information content (AvgIpc) is 2.89. The van der Waals surface area contributed by atoms with Crippen molar-refractivity contribution in [1.29, 1.82) is 0 Å². The minimum Gasteiger partial charge on any atom is -0.321 e. The Labute approximate surface area is 132 Å². The summed E-state index contributed by atoms with van der Waals surface area (Å²) in [6, 6.07) is 12.2. The van der Waals surface area contributed by atoms with Crippen molar-refractivity contribution in [1.82, 2.24) is 9.55 Å². The van der Waals surface area contributed by atoms with Crippen LogP contribution in [0.3, 0.4) is 0 Å².